The van der Waals surface area contributed by atoms with Crippen molar-refractivity contribution in [3.05, 3.63) is 99.1 Å². The summed E-state index contributed by atoms with van der Waals surface area (Å²) in [5, 5.41) is 0. The van der Waals surface area contributed by atoms with Gasteiger partial charge in [0, 0.05) is 0 Å². The fourth-order valence-corrected chi connectivity index (χ4v) is 7.38. The molecule has 0 radical (unpaired) electrons. The van der Waals surface area contributed by atoms with Crippen LogP contribution in [0.25, 0.3) is 17.3 Å². The Hall–Kier alpha value is -2.38. The summed E-state index contributed by atoms with van der Waals surface area (Å²) >= 11 is -1.59. The molecule has 0 atom stereocenters. The van der Waals surface area contributed by atoms with E-state index in [0.717, 1.165) is 16.2 Å². The molecule has 0 unspecified atom stereocenters. The molecule has 0 aliphatic heterocycles. The number of aromatic nitrogens is 2. The fraction of sp³-hybridized carbons (Fsp3) is 0.222. The number of benzene rings is 2. The van der Waals surface area contributed by atoms with Crippen molar-refractivity contribution >= 4 is 26.9 Å². The Bertz CT molecular complexity index is 1340. The first kappa shape index (κ1) is 22.8. The molecule has 2 aromatic carbocycles. The number of hydrogen-bond acceptors (Lipinski definition) is 1. The molecule has 32 heavy (non-hydrogen) atoms. The van der Waals surface area contributed by atoms with Crippen LogP contribution in [0.2, 0.25) is 4.89 Å². The van der Waals surface area contributed by atoms with E-state index < -0.39 is 15.3 Å². The van der Waals surface area contributed by atoms with Crippen LogP contribution in [0.5, 0.6) is 0 Å². The van der Waals surface area contributed by atoms with E-state index in [9.17, 15) is 0 Å². The summed E-state index contributed by atoms with van der Waals surface area (Å²) in [4.78, 5) is 3.00. The molecule has 4 rings (SSSR count). The van der Waals surface area contributed by atoms with Gasteiger partial charge in [0.05, 0.1) is 0 Å². The Morgan fingerprint density at radius 2 is 1.62 bits per heavy atom. The summed E-state index contributed by atoms with van der Waals surface area (Å²) in [5.41, 5.74) is 7.42. The van der Waals surface area contributed by atoms with Crippen LogP contribution < -0.4 is 4.90 Å². The molecule has 0 fully saturated rings. The molecular weight excluding hydrogens is 508 g/mol. The van der Waals surface area contributed by atoms with E-state index in [4.69, 9.17) is 9.53 Å². The first-order valence-electron chi connectivity index (χ1n) is 10.6. The van der Waals surface area contributed by atoms with E-state index in [-0.39, 0.29) is 0 Å². The summed E-state index contributed by atoms with van der Waals surface area (Å²) in [6, 6.07) is 21.4. The Kier molecular flexibility index (Phi) is 6.86. The van der Waals surface area contributed by atoms with Crippen LogP contribution in [-0.4, -0.2) is 23.1 Å². The van der Waals surface area contributed by atoms with Gasteiger partial charge in [-0.25, -0.2) is 0 Å². The molecule has 0 amide bonds. The molecule has 0 aliphatic carbocycles. The zero-order chi connectivity index (χ0) is 22.8. The number of fused-ring (bicyclic) bond motifs is 1. The third-order valence-electron chi connectivity index (χ3n) is 5.40. The van der Waals surface area contributed by atoms with Crippen LogP contribution in [0, 0.1) is 24.7 Å². The molecule has 170 valence electrons. The van der Waals surface area contributed by atoms with Gasteiger partial charge in [-0.1, -0.05) is 0 Å². The predicted molar refractivity (Wildman–Crippen MR) is 135 cm³/mol. The number of halogens is 1. The number of aryl methyl sites for hydroxylation is 3. The molecule has 2 aromatic heterocycles. The third-order valence-corrected chi connectivity index (χ3v) is 9.01. The van der Waals surface area contributed by atoms with Crippen LogP contribution in [0.3, 0.4) is 0 Å². The molecule has 5 heteroatoms. The van der Waals surface area contributed by atoms with Gasteiger partial charge in [-0.15, -0.1) is 0 Å². The van der Waals surface area contributed by atoms with Crippen LogP contribution in [0.15, 0.2) is 72.9 Å². The van der Waals surface area contributed by atoms with E-state index >= 15 is 0 Å². The van der Waals surface area contributed by atoms with Crippen LogP contribution in [-0.2, 0) is 15.3 Å². The van der Waals surface area contributed by atoms with Gasteiger partial charge < -0.3 is 0 Å². The zero-order valence-corrected chi connectivity index (χ0v) is 21.6. The minimum absolute atomic E-state index is 0.847. The molecule has 0 N–H and O–H groups in total. The topological polar surface area (TPSA) is 12.6 Å². The van der Waals surface area contributed by atoms with Gasteiger partial charge >= 0.3 is 201 Å². The molecule has 0 aliphatic rings. The molecule has 0 saturated heterocycles. The molecule has 0 saturated carbocycles. The van der Waals surface area contributed by atoms with E-state index in [0.29, 0.717) is 0 Å². The summed E-state index contributed by atoms with van der Waals surface area (Å²) < 4.78 is 5.87. The Labute approximate surface area is 200 Å². The average molecular weight is 538 g/mol. The SMILES string of the molecule is Cc1cc(C)c(-n2cc3cccc(N(C)C)n3[c]2=[Pd]([Cl])[CH2]C=Cc2ccccc2)c(C)c1. The summed E-state index contributed by atoms with van der Waals surface area (Å²) in [6.45, 7) is 6.54. The normalized spacial score (nSPS) is 13.7. The number of allylic oxidation sites excluding steroid dienone is 1. The van der Waals surface area contributed by atoms with E-state index in [1.807, 2.05) is 6.07 Å². The predicted octanol–water partition coefficient (Wildman–Crippen LogP) is 7.16. The Balaban J connectivity index is 1.98. The van der Waals surface area contributed by atoms with Crippen molar-refractivity contribution in [3.8, 4) is 5.69 Å². The first-order valence-corrected chi connectivity index (χ1v) is 14.5. The number of anilines is 1. The number of hydrogen-bond donors (Lipinski definition) is 0. The summed E-state index contributed by atoms with van der Waals surface area (Å²) in [7, 11) is 11.4. The van der Waals surface area contributed by atoms with Gasteiger partial charge in [0.1, 0.15) is 0 Å². The van der Waals surface area contributed by atoms with Gasteiger partial charge in [-0.2, -0.15) is 0 Å². The van der Waals surface area contributed by atoms with Gasteiger partial charge in [0.15, 0.2) is 0 Å². The van der Waals surface area contributed by atoms with Gasteiger partial charge in [-0.3, -0.25) is 0 Å². The van der Waals surface area contributed by atoms with Crippen molar-refractivity contribution in [1.29, 1.82) is 0 Å². The Morgan fingerprint density at radius 1 is 0.938 bits per heavy atom. The molecule has 0 bridgehead atoms. The van der Waals surface area contributed by atoms with E-state index in [1.165, 1.54) is 31.8 Å². The van der Waals surface area contributed by atoms with E-state index in [1.54, 1.807) is 0 Å². The van der Waals surface area contributed by atoms with Crippen molar-refractivity contribution in [2.45, 2.75) is 25.7 Å². The molecule has 2 heterocycles. The maximum absolute atomic E-state index is 7.27. The van der Waals surface area contributed by atoms with Crippen LogP contribution in [0.1, 0.15) is 22.3 Å². The molecule has 4 aromatic rings. The minimum atomic E-state index is -1.59. The molecule has 3 nitrogen and oxygen atoms in total. The monoisotopic (exact) mass is 537 g/mol. The standard InChI is InChI=1S/C18H21N3.C9H9.ClH.Pd/c1-13-9-14(2)18(15(3)10-13)20-11-16-7-6-8-17(19(4)5)21(16)12-20;1-2-6-9-7-4-3-5-8-9;;/h6-11H,1-5H3;2-8H,1H2;1H;/q;;;+1/p-1. The Morgan fingerprint density at radius 3 is 2.28 bits per heavy atom. The quantitative estimate of drug-likeness (QED) is 0.246. The van der Waals surface area contributed by atoms with Gasteiger partial charge in [-0.05, 0) is 0 Å². The summed E-state index contributed by atoms with van der Waals surface area (Å²) in [5.74, 6) is 1.14. The summed E-state index contributed by atoms with van der Waals surface area (Å²) in [6.07, 6.45) is 6.64. The van der Waals surface area contributed by atoms with E-state index in [2.05, 4.69) is 122 Å². The molecule has 0 spiro atoms. The van der Waals surface area contributed by atoms with Crippen molar-refractivity contribution < 1.29 is 15.3 Å². The van der Waals surface area contributed by atoms with Crippen LogP contribution >= 0.6 is 9.53 Å². The number of imidazole rings is 1. The van der Waals surface area contributed by atoms with Crippen molar-refractivity contribution in [2.75, 3.05) is 19.0 Å². The maximum atomic E-state index is 7.27. The molecular formula is C27H30ClN3Pd. The average Bonchev–Trinajstić information content (AvgIpc) is 3.12. The van der Waals surface area contributed by atoms with Gasteiger partial charge in [0.2, 0.25) is 0 Å². The number of rotatable bonds is 5. The van der Waals surface area contributed by atoms with Crippen molar-refractivity contribution in [3.63, 3.8) is 0 Å². The zero-order valence-electron chi connectivity index (χ0n) is 19.2. The van der Waals surface area contributed by atoms with Gasteiger partial charge in [0.25, 0.3) is 0 Å². The number of nitrogens with zero attached hydrogens (tertiary/aromatic N) is 3. The second-order valence-corrected chi connectivity index (χ2v) is 12.5. The van der Waals surface area contributed by atoms with Crippen LogP contribution in [0.4, 0.5) is 5.82 Å². The van der Waals surface area contributed by atoms with Crippen molar-refractivity contribution in [2.24, 2.45) is 0 Å². The first-order chi connectivity index (χ1) is 15.4. The second-order valence-electron chi connectivity index (χ2n) is 8.22. The number of pyridine rings is 1. The second kappa shape index (κ2) is 9.63. The fourth-order valence-electron chi connectivity index (χ4n) is 4.16. The third kappa shape index (κ3) is 4.55. The van der Waals surface area contributed by atoms with Crippen molar-refractivity contribution in [1.82, 2.24) is 8.97 Å².